The summed E-state index contributed by atoms with van der Waals surface area (Å²) in [5, 5.41) is 8.58. The van der Waals surface area contributed by atoms with Crippen LogP contribution in [0.15, 0.2) is 30.3 Å². The summed E-state index contributed by atoms with van der Waals surface area (Å²) in [4.78, 5) is 13.2. The van der Waals surface area contributed by atoms with Gasteiger partial charge in [0, 0.05) is 18.8 Å². The highest BCUT2D eigenvalue weighted by atomic mass is 35.5. The number of ether oxygens (including phenoxy) is 1. The summed E-state index contributed by atoms with van der Waals surface area (Å²) in [6.07, 6.45) is 3.66. The highest BCUT2D eigenvalue weighted by molar-refractivity contribution is 6.17. The van der Waals surface area contributed by atoms with E-state index in [9.17, 15) is 4.79 Å². The van der Waals surface area contributed by atoms with Crippen LogP contribution in [0.2, 0.25) is 0 Å². The molecule has 4 rings (SSSR count). The van der Waals surface area contributed by atoms with Crippen molar-refractivity contribution in [3.05, 3.63) is 58.1 Å². The molecule has 30 heavy (non-hydrogen) atoms. The van der Waals surface area contributed by atoms with Crippen LogP contribution < -0.4 is 0 Å². The van der Waals surface area contributed by atoms with Crippen LogP contribution in [-0.4, -0.2) is 28.1 Å². The summed E-state index contributed by atoms with van der Waals surface area (Å²) >= 11 is 6.24. The van der Waals surface area contributed by atoms with Crippen molar-refractivity contribution in [2.45, 2.75) is 51.3 Å². The minimum atomic E-state index is -0.589. The van der Waals surface area contributed by atoms with Crippen LogP contribution in [-0.2, 0) is 22.5 Å². The average molecular weight is 426 g/mol. The quantitative estimate of drug-likeness (QED) is 0.417. The Labute approximate surface area is 182 Å². The van der Waals surface area contributed by atoms with Crippen molar-refractivity contribution in [1.29, 1.82) is 0 Å². The lowest BCUT2D eigenvalue weighted by Crippen LogP contribution is -2.37. The highest BCUT2D eigenvalue weighted by Gasteiger charge is 2.50. The van der Waals surface area contributed by atoms with Crippen LogP contribution in [0.25, 0.3) is 11.0 Å². The Hall–Kier alpha value is -2.40. The van der Waals surface area contributed by atoms with Gasteiger partial charge >= 0.3 is 5.97 Å². The molecule has 5 nitrogen and oxygen atoms in total. The van der Waals surface area contributed by atoms with E-state index in [0.29, 0.717) is 5.88 Å². The summed E-state index contributed by atoms with van der Waals surface area (Å²) in [7, 11) is 3.39. The first-order chi connectivity index (χ1) is 14.4. The Morgan fingerprint density at radius 1 is 1.23 bits per heavy atom. The molecule has 0 radical (unpaired) electrons. The van der Waals surface area contributed by atoms with E-state index in [1.54, 1.807) is 4.68 Å². The fourth-order valence-electron chi connectivity index (χ4n) is 5.19. The maximum atomic E-state index is 13.2. The minimum Gasteiger partial charge on any atom is -0.469 e. The third kappa shape index (κ3) is 3.20. The van der Waals surface area contributed by atoms with Gasteiger partial charge in [-0.05, 0) is 60.6 Å². The van der Waals surface area contributed by atoms with Crippen LogP contribution >= 0.6 is 11.6 Å². The molecule has 1 aromatic heterocycles. The van der Waals surface area contributed by atoms with Crippen molar-refractivity contribution in [3.8, 4) is 0 Å². The van der Waals surface area contributed by atoms with Gasteiger partial charge in [0.2, 0.25) is 0 Å². The molecule has 1 heterocycles. The number of fused-ring (bicyclic) bond motifs is 1. The Bertz CT molecular complexity index is 1100. The fourth-order valence-corrected chi connectivity index (χ4v) is 5.48. The van der Waals surface area contributed by atoms with Crippen LogP contribution in [0.4, 0.5) is 0 Å². The number of carbonyl (C=O) groups excluding carboxylic acids is 1. The van der Waals surface area contributed by atoms with Gasteiger partial charge in [0.05, 0.1) is 18.0 Å². The summed E-state index contributed by atoms with van der Waals surface area (Å²) in [6, 6.07) is 10.6. The van der Waals surface area contributed by atoms with Gasteiger partial charge in [-0.3, -0.25) is 4.79 Å². The predicted molar refractivity (Wildman–Crippen MR) is 119 cm³/mol. The maximum Gasteiger partial charge on any atom is 0.312 e. The van der Waals surface area contributed by atoms with Crippen LogP contribution in [0.3, 0.4) is 0 Å². The van der Waals surface area contributed by atoms with Crippen LogP contribution in [0, 0.1) is 19.3 Å². The molecule has 1 aliphatic carbocycles. The molecule has 1 atom stereocenters. The van der Waals surface area contributed by atoms with Gasteiger partial charge < -0.3 is 4.74 Å². The number of aryl methyl sites for hydroxylation is 3. The number of methoxy groups -OCH3 is 1. The highest BCUT2D eigenvalue weighted by Crippen LogP contribution is 2.53. The van der Waals surface area contributed by atoms with Crippen LogP contribution in [0.5, 0.6) is 0 Å². The Morgan fingerprint density at radius 2 is 1.97 bits per heavy atom. The zero-order valence-electron chi connectivity index (χ0n) is 18.0. The van der Waals surface area contributed by atoms with Crippen molar-refractivity contribution in [3.63, 3.8) is 0 Å². The van der Waals surface area contributed by atoms with Crippen molar-refractivity contribution in [1.82, 2.24) is 15.0 Å². The van der Waals surface area contributed by atoms with Crippen molar-refractivity contribution < 1.29 is 9.53 Å². The van der Waals surface area contributed by atoms with E-state index in [-0.39, 0.29) is 11.9 Å². The number of benzene rings is 2. The fraction of sp³-hybridized carbons (Fsp3) is 0.458. The Morgan fingerprint density at radius 3 is 2.63 bits per heavy atom. The molecule has 0 aliphatic heterocycles. The summed E-state index contributed by atoms with van der Waals surface area (Å²) < 4.78 is 7.16. The molecule has 1 aliphatic rings. The first-order valence-electron chi connectivity index (χ1n) is 10.5. The number of hydrogen-bond donors (Lipinski definition) is 0. The maximum absolute atomic E-state index is 13.2. The Kier molecular flexibility index (Phi) is 5.58. The van der Waals surface area contributed by atoms with Gasteiger partial charge in [-0.25, -0.2) is 4.68 Å². The van der Waals surface area contributed by atoms with Crippen LogP contribution in [0.1, 0.15) is 59.4 Å². The van der Waals surface area contributed by atoms with E-state index in [0.717, 1.165) is 64.5 Å². The number of alkyl halides is 1. The first-order valence-corrected chi connectivity index (χ1v) is 11.0. The first kappa shape index (κ1) is 20.9. The third-order valence-electron chi connectivity index (χ3n) is 6.88. The number of carbonyl (C=O) groups is 1. The normalized spacial score (nSPS) is 16.7. The molecule has 0 spiro atoms. The number of esters is 1. The lowest BCUT2D eigenvalue weighted by molar-refractivity contribution is -0.153. The monoisotopic (exact) mass is 425 g/mol. The van der Waals surface area contributed by atoms with E-state index in [1.165, 1.54) is 7.11 Å². The number of halogens is 1. The standard InChI is InChI=1S/C24H28ClN3O2/c1-15-7-8-17(13-18(15)14-25)21(24(23(29)30-4)11-5-6-12-24)19-9-10-20-22(16(19)2)26-27-28(20)3/h7-10,13,21H,5-6,11-12,14H2,1-4H3. The number of nitrogens with zero attached hydrogens (tertiary/aromatic N) is 3. The van der Waals surface area contributed by atoms with Gasteiger partial charge in [0.15, 0.2) is 0 Å². The molecule has 1 fully saturated rings. The van der Waals surface area contributed by atoms with Crippen molar-refractivity contribution in [2.24, 2.45) is 12.5 Å². The molecule has 1 unspecified atom stereocenters. The number of hydrogen-bond acceptors (Lipinski definition) is 4. The molecule has 3 aromatic rings. The lowest BCUT2D eigenvalue weighted by Gasteiger charge is -2.37. The van der Waals surface area contributed by atoms with Crippen molar-refractivity contribution in [2.75, 3.05) is 7.11 Å². The predicted octanol–water partition coefficient (Wildman–Crippen LogP) is 5.19. The largest absolute Gasteiger partial charge is 0.469 e. The van der Waals surface area contributed by atoms with E-state index in [1.807, 2.05) is 7.05 Å². The van der Waals surface area contributed by atoms with Crippen molar-refractivity contribution >= 4 is 28.6 Å². The van der Waals surface area contributed by atoms with Gasteiger partial charge in [-0.1, -0.05) is 42.3 Å². The average Bonchev–Trinajstić information content (AvgIpc) is 3.39. The molecule has 1 saturated carbocycles. The molecule has 0 saturated heterocycles. The topological polar surface area (TPSA) is 57.0 Å². The molecular weight excluding hydrogens is 398 g/mol. The smallest absolute Gasteiger partial charge is 0.312 e. The SMILES string of the molecule is COC(=O)C1(C(c2ccc(C)c(CCl)c2)c2ccc3c(nnn3C)c2C)CCCC1. The second-order valence-electron chi connectivity index (χ2n) is 8.47. The molecular formula is C24H28ClN3O2. The second-order valence-corrected chi connectivity index (χ2v) is 8.74. The van der Waals surface area contributed by atoms with E-state index >= 15 is 0 Å². The molecule has 0 amide bonds. The van der Waals surface area contributed by atoms with E-state index in [2.05, 4.69) is 54.5 Å². The zero-order valence-corrected chi connectivity index (χ0v) is 18.8. The zero-order chi connectivity index (χ0) is 21.5. The summed E-state index contributed by atoms with van der Waals surface area (Å²) in [6.45, 7) is 4.15. The van der Waals surface area contributed by atoms with Gasteiger partial charge in [-0.15, -0.1) is 16.7 Å². The number of rotatable bonds is 5. The lowest BCUT2D eigenvalue weighted by atomic mass is 9.66. The molecule has 158 valence electrons. The minimum absolute atomic E-state index is 0.124. The van der Waals surface area contributed by atoms with Gasteiger partial charge in [0.1, 0.15) is 5.52 Å². The van der Waals surface area contributed by atoms with E-state index < -0.39 is 5.41 Å². The third-order valence-corrected chi connectivity index (χ3v) is 7.17. The molecule has 6 heteroatoms. The van der Waals surface area contributed by atoms with Gasteiger partial charge in [-0.2, -0.15) is 0 Å². The summed E-state index contributed by atoms with van der Waals surface area (Å²) in [5.74, 6) is 0.192. The van der Waals surface area contributed by atoms with E-state index in [4.69, 9.17) is 16.3 Å². The van der Waals surface area contributed by atoms with Gasteiger partial charge in [0.25, 0.3) is 0 Å². The summed E-state index contributed by atoms with van der Waals surface area (Å²) in [5.41, 5.74) is 6.81. The Balaban J connectivity index is 1.99. The molecule has 0 bridgehead atoms. The molecule has 2 aromatic carbocycles. The second kappa shape index (κ2) is 8.03. The number of aromatic nitrogens is 3. The molecule has 0 N–H and O–H groups in total.